The fraction of sp³-hybridized carbons (Fsp3) is 0.645. The molecular formula is C31H40ClN3O4. The van der Waals surface area contributed by atoms with Gasteiger partial charge in [-0.3, -0.25) is 14.4 Å². The van der Waals surface area contributed by atoms with Crippen molar-refractivity contribution in [2.24, 2.45) is 29.6 Å². The number of nitrogens with zero attached hydrogens (tertiary/aromatic N) is 1. The van der Waals surface area contributed by atoms with Gasteiger partial charge in [-0.05, 0) is 74.1 Å². The van der Waals surface area contributed by atoms with E-state index in [2.05, 4.69) is 31.4 Å². The number of hydrogen-bond acceptors (Lipinski definition) is 4. The molecule has 3 amide bonds. The molecule has 2 aliphatic carbocycles. The van der Waals surface area contributed by atoms with Crippen molar-refractivity contribution in [2.75, 3.05) is 5.32 Å². The van der Waals surface area contributed by atoms with Crippen LogP contribution in [0.3, 0.4) is 0 Å². The zero-order chi connectivity index (χ0) is 27.5. The average molecular weight is 554 g/mol. The lowest BCUT2D eigenvalue weighted by molar-refractivity contribution is -0.145. The van der Waals surface area contributed by atoms with Crippen molar-refractivity contribution in [2.45, 2.75) is 95.5 Å². The maximum Gasteiger partial charge on any atom is 0.246 e. The van der Waals surface area contributed by atoms with Crippen molar-refractivity contribution in [3.63, 3.8) is 0 Å². The molecule has 210 valence electrons. The maximum atomic E-state index is 14.3. The molecule has 1 spiro atoms. The molecule has 1 aromatic carbocycles. The highest BCUT2D eigenvalue weighted by atomic mass is 35.5. The van der Waals surface area contributed by atoms with Gasteiger partial charge in [-0.25, -0.2) is 0 Å². The van der Waals surface area contributed by atoms with E-state index >= 15 is 0 Å². The summed E-state index contributed by atoms with van der Waals surface area (Å²) in [7, 11) is 0. The highest BCUT2D eigenvalue weighted by Gasteiger charge is 2.73. The highest BCUT2D eigenvalue weighted by Crippen LogP contribution is 2.56. The molecule has 6 rings (SSSR count). The SMILES string of the molecule is CC1CCC(N2C(=O)[C@@H]3[C@H](C(=O)Nc4ccc(Cl)cc4)[C@@H]4C=C[C@@]3(O4)[C@@H]2C(=O)N[C@@H]2CCC[C@@H](C)[C@H]2C)CC1. The molecule has 2 saturated heterocycles. The Balaban J connectivity index is 1.31. The molecule has 8 atom stereocenters. The first-order valence-corrected chi connectivity index (χ1v) is 15.1. The van der Waals surface area contributed by atoms with Crippen molar-refractivity contribution < 1.29 is 19.1 Å². The van der Waals surface area contributed by atoms with Gasteiger partial charge in [-0.15, -0.1) is 0 Å². The van der Waals surface area contributed by atoms with Crippen molar-refractivity contribution in [3.05, 3.63) is 41.4 Å². The van der Waals surface area contributed by atoms with E-state index in [4.69, 9.17) is 16.3 Å². The largest absolute Gasteiger partial charge is 0.359 e. The molecule has 3 aliphatic heterocycles. The van der Waals surface area contributed by atoms with Gasteiger partial charge < -0.3 is 20.3 Å². The molecule has 2 bridgehead atoms. The van der Waals surface area contributed by atoms with Crippen LogP contribution >= 0.6 is 11.6 Å². The van der Waals surface area contributed by atoms with E-state index in [1.165, 1.54) is 6.42 Å². The number of fused-ring (bicyclic) bond motifs is 1. The summed E-state index contributed by atoms with van der Waals surface area (Å²) in [5.41, 5.74) is -0.510. The summed E-state index contributed by atoms with van der Waals surface area (Å²) in [6.45, 7) is 6.71. The third-order valence-electron chi connectivity index (χ3n) is 10.4. The Bertz CT molecular complexity index is 1160. The van der Waals surface area contributed by atoms with Crippen LogP contribution in [0.4, 0.5) is 5.69 Å². The normalized spacial score (nSPS) is 41.0. The first kappa shape index (κ1) is 26.8. The second-order valence-corrected chi connectivity index (χ2v) is 13.2. The lowest BCUT2D eigenvalue weighted by Crippen LogP contribution is -2.59. The average Bonchev–Trinajstić information content (AvgIpc) is 3.56. The Morgan fingerprint density at radius 1 is 1.00 bits per heavy atom. The number of nitrogens with one attached hydrogen (secondary N) is 2. The number of rotatable bonds is 5. The number of ether oxygens (including phenoxy) is 1. The van der Waals surface area contributed by atoms with E-state index in [0.29, 0.717) is 28.5 Å². The van der Waals surface area contributed by atoms with E-state index < -0.39 is 29.6 Å². The van der Waals surface area contributed by atoms with Gasteiger partial charge in [0, 0.05) is 22.8 Å². The third kappa shape index (κ3) is 4.50. The van der Waals surface area contributed by atoms with Crippen LogP contribution in [-0.4, -0.2) is 52.5 Å². The summed E-state index contributed by atoms with van der Waals surface area (Å²) in [4.78, 5) is 44.0. The predicted molar refractivity (Wildman–Crippen MR) is 150 cm³/mol. The zero-order valence-corrected chi connectivity index (χ0v) is 23.8. The summed E-state index contributed by atoms with van der Waals surface area (Å²) in [5.74, 6) is -0.435. The fourth-order valence-electron chi connectivity index (χ4n) is 7.93. The van der Waals surface area contributed by atoms with Crippen molar-refractivity contribution >= 4 is 35.0 Å². The highest BCUT2D eigenvalue weighted by molar-refractivity contribution is 6.30. The Hall–Kier alpha value is -2.38. The number of halogens is 1. The van der Waals surface area contributed by atoms with Crippen LogP contribution in [-0.2, 0) is 19.1 Å². The van der Waals surface area contributed by atoms with E-state index in [0.717, 1.165) is 38.5 Å². The van der Waals surface area contributed by atoms with E-state index in [1.54, 1.807) is 24.3 Å². The molecule has 3 heterocycles. The van der Waals surface area contributed by atoms with E-state index in [9.17, 15) is 14.4 Å². The lowest BCUT2D eigenvalue weighted by atomic mass is 9.73. The van der Waals surface area contributed by atoms with Crippen molar-refractivity contribution in [1.29, 1.82) is 0 Å². The third-order valence-corrected chi connectivity index (χ3v) is 10.6. The quantitative estimate of drug-likeness (QED) is 0.505. The molecule has 5 aliphatic rings. The van der Waals surface area contributed by atoms with Gasteiger partial charge in [0.2, 0.25) is 17.7 Å². The number of amides is 3. The van der Waals surface area contributed by atoms with E-state index in [1.807, 2.05) is 17.1 Å². The van der Waals surface area contributed by atoms with E-state index in [-0.39, 0.29) is 29.8 Å². The van der Waals surface area contributed by atoms with Gasteiger partial charge in [-0.1, -0.05) is 57.4 Å². The first-order chi connectivity index (χ1) is 18.7. The summed E-state index contributed by atoms with van der Waals surface area (Å²) in [5, 5.41) is 6.90. The topological polar surface area (TPSA) is 87.7 Å². The number of carbonyl (C=O) groups is 3. The van der Waals surface area contributed by atoms with Gasteiger partial charge in [0.1, 0.15) is 11.6 Å². The minimum Gasteiger partial charge on any atom is -0.359 e. The number of hydrogen-bond donors (Lipinski definition) is 2. The lowest BCUT2D eigenvalue weighted by Gasteiger charge is -2.41. The minimum absolute atomic E-state index is 0.0249. The number of likely N-dealkylation sites (tertiary alicyclic amines) is 1. The summed E-state index contributed by atoms with van der Waals surface area (Å²) >= 11 is 6.02. The van der Waals surface area contributed by atoms with Crippen molar-refractivity contribution in [1.82, 2.24) is 10.2 Å². The van der Waals surface area contributed by atoms with Crippen LogP contribution in [0.1, 0.15) is 65.7 Å². The first-order valence-electron chi connectivity index (χ1n) is 14.8. The second-order valence-electron chi connectivity index (χ2n) is 12.7. The van der Waals surface area contributed by atoms with Gasteiger partial charge in [0.15, 0.2) is 0 Å². The molecule has 0 radical (unpaired) electrons. The summed E-state index contributed by atoms with van der Waals surface area (Å²) in [6.07, 6.45) is 10.2. The van der Waals surface area contributed by atoms with Crippen molar-refractivity contribution in [3.8, 4) is 0 Å². The summed E-state index contributed by atoms with van der Waals surface area (Å²) in [6, 6.07) is 6.21. The zero-order valence-electron chi connectivity index (χ0n) is 23.1. The fourth-order valence-corrected chi connectivity index (χ4v) is 8.05. The van der Waals surface area contributed by atoms with Crippen LogP contribution < -0.4 is 10.6 Å². The Morgan fingerprint density at radius 2 is 1.72 bits per heavy atom. The predicted octanol–water partition coefficient (Wildman–Crippen LogP) is 4.95. The number of benzene rings is 1. The van der Waals surface area contributed by atoms with Gasteiger partial charge >= 0.3 is 0 Å². The number of anilines is 1. The Morgan fingerprint density at radius 3 is 2.44 bits per heavy atom. The Kier molecular flexibility index (Phi) is 7.03. The Labute approximate surface area is 236 Å². The van der Waals surface area contributed by atoms with Gasteiger partial charge in [0.05, 0.1) is 17.9 Å². The molecule has 7 nitrogen and oxygen atoms in total. The van der Waals surface area contributed by atoms with Gasteiger partial charge in [0.25, 0.3) is 0 Å². The second kappa shape index (κ2) is 10.2. The van der Waals surface area contributed by atoms with Crippen LogP contribution in [0.25, 0.3) is 0 Å². The van der Waals surface area contributed by atoms with Crippen LogP contribution in [0.5, 0.6) is 0 Å². The van der Waals surface area contributed by atoms with Crippen LogP contribution in [0.2, 0.25) is 5.02 Å². The molecular weight excluding hydrogens is 514 g/mol. The van der Waals surface area contributed by atoms with Crippen LogP contribution in [0, 0.1) is 29.6 Å². The molecule has 8 heteroatoms. The summed E-state index contributed by atoms with van der Waals surface area (Å²) < 4.78 is 6.54. The molecule has 0 aromatic heterocycles. The molecule has 39 heavy (non-hydrogen) atoms. The van der Waals surface area contributed by atoms with Gasteiger partial charge in [-0.2, -0.15) is 0 Å². The minimum atomic E-state index is -1.12. The maximum absolute atomic E-state index is 14.3. The molecule has 0 unspecified atom stereocenters. The molecule has 2 N–H and O–H groups in total. The van der Waals surface area contributed by atoms with Crippen LogP contribution in [0.15, 0.2) is 36.4 Å². The molecule has 2 saturated carbocycles. The molecule has 4 fully saturated rings. The number of carbonyl (C=O) groups excluding carboxylic acids is 3. The monoisotopic (exact) mass is 553 g/mol. The molecule has 1 aromatic rings. The smallest absolute Gasteiger partial charge is 0.246 e. The standard InChI is InChI=1S/C31H40ClN3O4/c1-17-7-13-22(14-8-17)35-27(29(37)34-23-6-4-5-18(2)19(23)3)31-16-15-24(39-31)25(26(31)30(35)38)28(36)33-21-11-9-20(32)10-12-21/h9-12,15-19,22-27H,4-8,13-14H2,1-3H3,(H,33,36)(H,34,37)/t17?,18-,19-,22?,23-,24+,25-,26+,27+,31+/m1/s1.